The van der Waals surface area contributed by atoms with Crippen molar-refractivity contribution in [2.45, 2.75) is 19.8 Å². The van der Waals surface area contributed by atoms with Crippen LogP contribution in [0, 0.1) is 0 Å². The van der Waals surface area contributed by atoms with Crippen LogP contribution in [0.25, 0.3) is 11.5 Å². The predicted octanol–water partition coefficient (Wildman–Crippen LogP) is 3.96. The fourth-order valence-electron chi connectivity index (χ4n) is 2.57. The van der Waals surface area contributed by atoms with Crippen LogP contribution in [0.5, 0.6) is 17.2 Å². The Labute approximate surface area is 170 Å². The van der Waals surface area contributed by atoms with Crippen LogP contribution in [0.3, 0.4) is 0 Å². The number of carbonyl (C=O) groups excluding carboxylic acids is 1. The number of nitrogens with zero attached hydrogens (tertiary/aromatic N) is 1. The van der Waals surface area contributed by atoms with E-state index in [9.17, 15) is 15.0 Å². The average Bonchev–Trinajstić information content (AvgIpc) is 3.12. The first kappa shape index (κ1) is 22.4. The first-order chi connectivity index (χ1) is 12.6. The number of hydrogen-bond acceptors (Lipinski definition) is 6. The summed E-state index contributed by atoms with van der Waals surface area (Å²) in [4.78, 5) is 16.8. The molecule has 0 fully saturated rings. The Balaban J connectivity index is 0.00000196. The van der Waals surface area contributed by atoms with E-state index in [2.05, 4.69) is 4.98 Å². The molecule has 0 aliphatic heterocycles. The zero-order valence-corrected chi connectivity index (χ0v) is 24.5. The summed E-state index contributed by atoms with van der Waals surface area (Å²) < 4.78 is 10.9. The van der Waals surface area contributed by atoms with Crippen molar-refractivity contribution in [3.63, 3.8) is 0 Å². The van der Waals surface area contributed by atoms with Crippen LogP contribution in [-0.4, -0.2) is 27.6 Å². The molecule has 0 unspecified atom stereocenters. The van der Waals surface area contributed by atoms with Gasteiger partial charge in [-0.2, -0.15) is 0 Å². The maximum absolute atomic E-state index is 12.5. The van der Waals surface area contributed by atoms with Gasteiger partial charge >= 0.3 is 0 Å². The van der Waals surface area contributed by atoms with Gasteiger partial charge in [0.1, 0.15) is 12.0 Å². The summed E-state index contributed by atoms with van der Waals surface area (Å²) >= 11 is 0. The van der Waals surface area contributed by atoms with Crippen LogP contribution in [0.2, 0.25) is 0 Å². The summed E-state index contributed by atoms with van der Waals surface area (Å²) in [6.45, 7) is 2.37. The molecule has 0 saturated carbocycles. The van der Waals surface area contributed by atoms with Crippen LogP contribution in [-0.2, 0) is 26.8 Å². The number of hydrogen-bond donors (Lipinski definition) is 2. The molecule has 8 heteroatoms. The maximum atomic E-state index is 12.5. The van der Waals surface area contributed by atoms with Crippen LogP contribution < -0.4 is 4.74 Å². The molecule has 28 heavy (non-hydrogen) atoms. The largest absolute Gasteiger partial charge is 0.504 e. The predicted molar refractivity (Wildman–Crippen MR) is 95.5 cm³/mol. The van der Waals surface area contributed by atoms with Gasteiger partial charge in [0.15, 0.2) is 17.3 Å². The Hall–Kier alpha value is -3.62. The molecule has 3 aromatic rings. The van der Waals surface area contributed by atoms with Crippen LogP contribution >= 0.6 is 0 Å². The molecule has 0 bridgehead atoms. The number of Topliss-reactive ketones (excluding diaryl/α,β-unsaturated/α-hetero) is 1. The van der Waals surface area contributed by atoms with E-state index in [1.807, 2.05) is 13.0 Å². The van der Waals surface area contributed by atoms with E-state index in [0.29, 0.717) is 41.5 Å². The topological polar surface area (TPSA) is 92.8 Å². The molecule has 1 radical (unpaired) electrons. The average molecular weight is 807 g/mol. The Morgan fingerprint density at radius 1 is 1.14 bits per heavy atom. The Morgan fingerprint density at radius 3 is 2.61 bits per heavy atom. The van der Waals surface area contributed by atoms with Gasteiger partial charge in [-0.3, -0.25) is 4.79 Å². The minimum atomic E-state index is -0.245. The normalized spacial score (nSPS) is 9.89. The molecule has 0 aliphatic rings. The van der Waals surface area contributed by atoms with Gasteiger partial charge in [0, 0.05) is 38.8 Å². The third kappa shape index (κ3) is 4.97. The SMILES string of the molecule is CCOc1ccccc1C(=O)CCc1coc(-c2ccc(O)c(O)c2)n1.[Re].[Rf]. The van der Waals surface area contributed by atoms with Crippen molar-refractivity contribution in [2.75, 3.05) is 6.61 Å². The second kappa shape index (κ2) is 9.91. The van der Waals surface area contributed by atoms with Crippen molar-refractivity contribution in [3.8, 4) is 28.7 Å². The molecule has 2 N–H and O–H groups in total. The van der Waals surface area contributed by atoms with E-state index in [1.165, 1.54) is 18.4 Å². The number of oxazole rings is 1. The zero-order chi connectivity index (χ0) is 18.5. The van der Waals surface area contributed by atoms with Crippen molar-refractivity contribution < 1.29 is 44.6 Å². The second-order valence-electron chi connectivity index (χ2n) is 5.70. The van der Waals surface area contributed by atoms with Crippen molar-refractivity contribution >= 4 is 5.78 Å². The second-order valence-corrected chi connectivity index (χ2v) is 5.70. The third-order valence-corrected chi connectivity index (χ3v) is 3.87. The molecule has 0 aliphatic carbocycles. The molecule has 0 amide bonds. The summed E-state index contributed by atoms with van der Waals surface area (Å²) in [7, 11) is 0. The van der Waals surface area contributed by atoms with Crippen molar-refractivity contribution in [3.05, 3.63) is 60.0 Å². The number of aromatic nitrogens is 1. The first-order valence-corrected chi connectivity index (χ1v) is 8.30. The van der Waals surface area contributed by atoms with E-state index in [0.717, 1.165) is 0 Å². The van der Waals surface area contributed by atoms with Crippen molar-refractivity contribution in [1.29, 1.82) is 0 Å². The van der Waals surface area contributed by atoms with E-state index in [1.54, 1.807) is 24.3 Å². The number of aromatic hydroxyl groups is 2. The Bertz CT molecular complexity index is 928. The molecule has 3 rings (SSSR count). The van der Waals surface area contributed by atoms with Gasteiger partial charge in [-0.25, -0.2) is 4.98 Å². The van der Waals surface area contributed by atoms with E-state index in [4.69, 9.17) is 9.15 Å². The summed E-state index contributed by atoms with van der Waals surface area (Å²) in [5.74, 6) is 0.419. The van der Waals surface area contributed by atoms with Gasteiger partial charge in [0.05, 0.1) is 17.9 Å². The van der Waals surface area contributed by atoms with Gasteiger partial charge in [0.25, 0.3) is 0 Å². The standard InChI is InChI=1S/C20H19NO5.Re.Rf/c1-2-25-19-6-4-3-5-15(19)16(22)10-8-14-12-26-20(21-14)13-7-9-17(23)18(24)11-13;;/h3-7,9,11-12,23-24H,2,8,10H2,1H3;;. The van der Waals surface area contributed by atoms with Gasteiger partial charge in [0.2, 0.25) is 5.89 Å². The molecule has 1 aromatic heterocycles. The zero-order valence-electron chi connectivity index (χ0n) is 15.4. The smallest absolute Gasteiger partial charge is 0.226 e. The molecule has 1 heterocycles. The molecule has 0 saturated heterocycles. The van der Waals surface area contributed by atoms with Gasteiger partial charge in [-0.1, -0.05) is 12.1 Å². The van der Waals surface area contributed by atoms with Crippen LogP contribution in [0.4, 0.5) is 0 Å². The van der Waals surface area contributed by atoms with Gasteiger partial charge < -0.3 is 19.4 Å². The molecule has 143 valence electrons. The quantitative estimate of drug-likeness (QED) is 0.278. The molecular weight excluding hydrogens is 787 g/mol. The summed E-state index contributed by atoms with van der Waals surface area (Å²) in [6, 6.07) is 11.5. The van der Waals surface area contributed by atoms with E-state index >= 15 is 0 Å². The summed E-state index contributed by atoms with van der Waals surface area (Å²) in [5, 5.41) is 18.9. The number of ether oxygens (including phenoxy) is 1. The van der Waals surface area contributed by atoms with Crippen molar-refractivity contribution in [1.82, 2.24) is 4.98 Å². The number of ketones is 1. The van der Waals surface area contributed by atoms with Gasteiger partial charge in [-0.15, -0.1) is 0 Å². The fraction of sp³-hybridized carbons (Fsp3) is 0.200. The minimum absolute atomic E-state index is 0. The Kier molecular flexibility index (Phi) is 7.94. The third-order valence-electron chi connectivity index (χ3n) is 3.87. The molecule has 0 atom stereocenters. The first-order valence-electron chi connectivity index (χ1n) is 8.30. The number of benzene rings is 2. The number of aryl methyl sites for hydroxylation is 1. The Morgan fingerprint density at radius 2 is 1.89 bits per heavy atom. The van der Waals surface area contributed by atoms with Crippen LogP contribution in [0.15, 0.2) is 53.1 Å². The van der Waals surface area contributed by atoms with Crippen molar-refractivity contribution in [2.24, 2.45) is 0 Å². The maximum Gasteiger partial charge on any atom is 0.226 e. The van der Waals surface area contributed by atoms with Crippen LogP contribution in [0.1, 0.15) is 29.4 Å². The molecule has 2 aromatic carbocycles. The van der Waals surface area contributed by atoms with E-state index < -0.39 is 0 Å². The molecule has 6 nitrogen and oxygen atoms in total. The number of rotatable bonds is 7. The molecule has 0 spiro atoms. The minimum Gasteiger partial charge on any atom is -0.504 e. The molecular formula is C20H19NO5ReRf. The number of phenolic OH excluding ortho intramolecular Hbond substituents is 2. The van der Waals surface area contributed by atoms with E-state index in [-0.39, 0.29) is 44.1 Å². The van der Waals surface area contributed by atoms with Gasteiger partial charge in [-0.05, 0) is 37.3 Å². The number of carbonyl (C=O) groups is 1. The number of phenols is 2. The number of para-hydroxylation sites is 1. The monoisotopic (exact) mass is 807 g/mol. The summed E-state index contributed by atoms with van der Waals surface area (Å²) in [6.07, 6.45) is 2.19. The fourth-order valence-corrected chi connectivity index (χ4v) is 2.57. The summed E-state index contributed by atoms with van der Waals surface area (Å²) in [5.41, 5.74) is 1.73.